The fourth-order valence-electron chi connectivity index (χ4n) is 2.82. The van der Waals surface area contributed by atoms with Gasteiger partial charge in [0.15, 0.2) is 0 Å². The van der Waals surface area contributed by atoms with Crippen LogP contribution in [0.5, 0.6) is 0 Å². The van der Waals surface area contributed by atoms with Crippen molar-refractivity contribution in [1.29, 1.82) is 0 Å². The Morgan fingerprint density at radius 2 is 1.67 bits per heavy atom. The van der Waals surface area contributed by atoms with Crippen LogP contribution in [-0.2, 0) is 11.3 Å². The van der Waals surface area contributed by atoms with E-state index in [2.05, 4.69) is 12.1 Å². The standard InChI is InChI=1S/C19H22N2O2.ClH/c20-17-8-6-16(7-9-17)19(22)21-12-10-18(11-13-21)23-14-15-4-2-1-3-5-15;/h1-9,18H,10-14,20H2;1H. The van der Waals surface area contributed by atoms with Gasteiger partial charge in [0.25, 0.3) is 5.91 Å². The molecule has 2 aromatic carbocycles. The lowest BCUT2D eigenvalue weighted by atomic mass is 10.1. The molecule has 0 aliphatic carbocycles. The number of likely N-dealkylation sites (tertiary alicyclic amines) is 1. The summed E-state index contributed by atoms with van der Waals surface area (Å²) in [6.07, 6.45) is 1.99. The Balaban J connectivity index is 0.00000208. The molecule has 5 heteroatoms. The number of carbonyl (C=O) groups is 1. The first-order valence-corrected chi connectivity index (χ1v) is 8.03. The predicted molar refractivity (Wildman–Crippen MR) is 98.3 cm³/mol. The van der Waals surface area contributed by atoms with Crippen molar-refractivity contribution in [3.05, 3.63) is 65.7 Å². The van der Waals surface area contributed by atoms with Crippen LogP contribution < -0.4 is 5.73 Å². The van der Waals surface area contributed by atoms with Crippen LogP contribution in [0.25, 0.3) is 0 Å². The van der Waals surface area contributed by atoms with Crippen molar-refractivity contribution in [3.63, 3.8) is 0 Å². The number of halogens is 1. The first-order valence-electron chi connectivity index (χ1n) is 8.03. The van der Waals surface area contributed by atoms with Gasteiger partial charge in [0.1, 0.15) is 0 Å². The molecule has 0 spiro atoms. The Bertz CT molecular complexity index is 638. The minimum Gasteiger partial charge on any atom is -0.399 e. The zero-order chi connectivity index (χ0) is 16.1. The smallest absolute Gasteiger partial charge is 0.253 e. The molecule has 1 aliphatic rings. The van der Waals surface area contributed by atoms with Crippen LogP contribution >= 0.6 is 12.4 Å². The number of benzene rings is 2. The summed E-state index contributed by atoms with van der Waals surface area (Å²) in [7, 11) is 0. The van der Waals surface area contributed by atoms with E-state index < -0.39 is 0 Å². The highest BCUT2D eigenvalue weighted by atomic mass is 35.5. The molecule has 4 nitrogen and oxygen atoms in total. The summed E-state index contributed by atoms with van der Waals surface area (Å²) in [5, 5.41) is 0. The Morgan fingerprint density at radius 3 is 2.29 bits per heavy atom. The summed E-state index contributed by atoms with van der Waals surface area (Å²) in [5.74, 6) is 0.0755. The van der Waals surface area contributed by atoms with E-state index in [1.165, 1.54) is 5.56 Å². The third kappa shape index (κ3) is 4.73. The third-order valence-corrected chi connectivity index (χ3v) is 4.22. The maximum atomic E-state index is 12.4. The minimum atomic E-state index is 0. The van der Waals surface area contributed by atoms with Gasteiger partial charge >= 0.3 is 0 Å². The lowest BCUT2D eigenvalue weighted by molar-refractivity contribution is -0.000378. The van der Waals surface area contributed by atoms with Crippen molar-refractivity contribution >= 4 is 24.0 Å². The van der Waals surface area contributed by atoms with Gasteiger partial charge in [0.05, 0.1) is 12.7 Å². The van der Waals surface area contributed by atoms with Crippen molar-refractivity contribution in [3.8, 4) is 0 Å². The van der Waals surface area contributed by atoms with E-state index in [1.807, 2.05) is 23.1 Å². The van der Waals surface area contributed by atoms with Gasteiger partial charge in [-0.15, -0.1) is 12.4 Å². The first-order chi connectivity index (χ1) is 11.2. The number of rotatable bonds is 4. The Morgan fingerprint density at radius 1 is 1.04 bits per heavy atom. The number of nitrogens with two attached hydrogens (primary N) is 1. The molecule has 3 rings (SSSR count). The van der Waals surface area contributed by atoms with E-state index in [0.29, 0.717) is 17.9 Å². The Labute approximate surface area is 149 Å². The summed E-state index contributed by atoms with van der Waals surface area (Å²) >= 11 is 0. The van der Waals surface area contributed by atoms with E-state index in [0.717, 1.165) is 25.9 Å². The van der Waals surface area contributed by atoms with Gasteiger partial charge in [0, 0.05) is 24.3 Å². The van der Waals surface area contributed by atoms with Gasteiger partial charge < -0.3 is 15.4 Å². The highest BCUT2D eigenvalue weighted by Gasteiger charge is 2.23. The zero-order valence-electron chi connectivity index (χ0n) is 13.6. The van der Waals surface area contributed by atoms with Gasteiger partial charge in [-0.05, 0) is 42.7 Å². The molecule has 0 aromatic heterocycles. The summed E-state index contributed by atoms with van der Waals surface area (Å²) in [4.78, 5) is 14.3. The van der Waals surface area contributed by atoms with Gasteiger partial charge in [0.2, 0.25) is 0 Å². The number of hydrogen-bond donors (Lipinski definition) is 1. The van der Waals surface area contributed by atoms with Crippen LogP contribution in [0.2, 0.25) is 0 Å². The normalized spacial score (nSPS) is 14.9. The van der Waals surface area contributed by atoms with Crippen LogP contribution in [0.4, 0.5) is 5.69 Å². The van der Waals surface area contributed by atoms with Crippen LogP contribution in [0, 0.1) is 0 Å². The maximum absolute atomic E-state index is 12.4. The predicted octanol–water partition coefficient (Wildman–Crippen LogP) is 3.51. The molecule has 0 saturated carbocycles. The maximum Gasteiger partial charge on any atom is 0.253 e. The largest absolute Gasteiger partial charge is 0.399 e. The van der Waals surface area contributed by atoms with E-state index in [4.69, 9.17) is 10.5 Å². The summed E-state index contributed by atoms with van der Waals surface area (Å²) in [6.45, 7) is 2.11. The number of carbonyl (C=O) groups excluding carboxylic acids is 1. The SMILES string of the molecule is Cl.Nc1ccc(C(=O)N2CCC(OCc3ccccc3)CC2)cc1. The quantitative estimate of drug-likeness (QED) is 0.862. The van der Waals surface area contributed by atoms with Gasteiger partial charge in [-0.25, -0.2) is 0 Å². The van der Waals surface area contributed by atoms with Crippen molar-refractivity contribution in [2.24, 2.45) is 0 Å². The summed E-state index contributed by atoms with van der Waals surface area (Å²) in [5.41, 5.74) is 8.22. The molecule has 1 saturated heterocycles. The number of nitrogen functional groups attached to an aromatic ring is 1. The molecule has 1 aliphatic heterocycles. The van der Waals surface area contributed by atoms with Crippen molar-refractivity contribution in [1.82, 2.24) is 4.90 Å². The fourth-order valence-corrected chi connectivity index (χ4v) is 2.82. The highest BCUT2D eigenvalue weighted by molar-refractivity contribution is 5.94. The molecule has 1 fully saturated rings. The number of ether oxygens (including phenoxy) is 1. The second kappa shape index (κ2) is 8.71. The second-order valence-electron chi connectivity index (χ2n) is 5.91. The Hall–Kier alpha value is -2.04. The Kier molecular flexibility index (Phi) is 6.64. The number of amides is 1. The van der Waals surface area contributed by atoms with Crippen molar-refractivity contribution < 1.29 is 9.53 Å². The molecule has 0 atom stereocenters. The van der Waals surface area contributed by atoms with Gasteiger partial charge in [-0.1, -0.05) is 30.3 Å². The average Bonchev–Trinajstić information content (AvgIpc) is 2.61. The average molecular weight is 347 g/mol. The number of nitrogens with zero attached hydrogens (tertiary/aromatic N) is 1. The lowest BCUT2D eigenvalue weighted by Gasteiger charge is -2.32. The minimum absolute atomic E-state index is 0. The fraction of sp³-hybridized carbons (Fsp3) is 0.316. The zero-order valence-corrected chi connectivity index (χ0v) is 14.4. The molecular formula is C19H23ClN2O2. The molecule has 1 heterocycles. The van der Waals surface area contributed by atoms with E-state index in [1.54, 1.807) is 24.3 Å². The molecule has 1 amide bonds. The number of hydrogen-bond acceptors (Lipinski definition) is 3. The monoisotopic (exact) mass is 346 g/mol. The molecule has 128 valence electrons. The van der Waals surface area contributed by atoms with Crippen molar-refractivity contribution in [2.75, 3.05) is 18.8 Å². The van der Waals surface area contributed by atoms with Crippen molar-refractivity contribution in [2.45, 2.75) is 25.6 Å². The molecule has 0 bridgehead atoms. The van der Waals surface area contributed by atoms with Crippen LogP contribution in [0.3, 0.4) is 0 Å². The lowest BCUT2D eigenvalue weighted by Crippen LogP contribution is -2.40. The van der Waals surface area contributed by atoms with E-state index in [9.17, 15) is 4.79 Å². The second-order valence-corrected chi connectivity index (χ2v) is 5.91. The van der Waals surface area contributed by atoms with Crippen LogP contribution in [0.1, 0.15) is 28.8 Å². The van der Waals surface area contributed by atoms with E-state index in [-0.39, 0.29) is 24.4 Å². The van der Waals surface area contributed by atoms with Crippen LogP contribution in [-0.4, -0.2) is 30.0 Å². The summed E-state index contributed by atoms with van der Waals surface area (Å²) < 4.78 is 5.96. The molecule has 0 radical (unpaired) electrons. The van der Waals surface area contributed by atoms with Gasteiger partial charge in [-0.2, -0.15) is 0 Å². The van der Waals surface area contributed by atoms with E-state index >= 15 is 0 Å². The number of piperidine rings is 1. The molecule has 24 heavy (non-hydrogen) atoms. The molecule has 2 N–H and O–H groups in total. The van der Waals surface area contributed by atoms with Crippen LogP contribution in [0.15, 0.2) is 54.6 Å². The molecule has 0 unspecified atom stereocenters. The third-order valence-electron chi connectivity index (χ3n) is 4.22. The highest BCUT2D eigenvalue weighted by Crippen LogP contribution is 2.18. The number of anilines is 1. The molecular weight excluding hydrogens is 324 g/mol. The molecule has 2 aromatic rings. The first kappa shape index (κ1) is 18.3. The van der Waals surface area contributed by atoms with Gasteiger partial charge in [-0.3, -0.25) is 4.79 Å². The summed E-state index contributed by atoms with van der Waals surface area (Å²) in [6, 6.07) is 17.3. The topological polar surface area (TPSA) is 55.6 Å².